The van der Waals surface area contributed by atoms with Crippen LogP contribution in [0.3, 0.4) is 0 Å². The normalized spacial score (nSPS) is 14.4. The summed E-state index contributed by atoms with van der Waals surface area (Å²) in [5.41, 5.74) is 7.80. The monoisotopic (exact) mass is 255 g/mol. The molecule has 0 radical (unpaired) electrons. The van der Waals surface area contributed by atoms with Gasteiger partial charge in [-0.2, -0.15) is 0 Å². The second-order valence-corrected chi connectivity index (χ2v) is 4.93. The molecular formula is C14H17N5. The van der Waals surface area contributed by atoms with Crippen molar-refractivity contribution in [3.05, 3.63) is 41.5 Å². The van der Waals surface area contributed by atoms with E-state index in [0.717, 1.165) is 22.9 Å². The number of rotatable bonds is 4. The first-order chi connectivity index (χ1) is 9.22. The molecule has 0 saturated heterocycles. The Balaban J connectivity index is 1.74. The molecule has 5 nitrogen and oxygen atoms in total. The molecule has 0 atom stereocenters. The molecule has 19 heavy (non-hydrogen) atoms. The zero-order valence-corrected chi connectivity index (χ0v) is 10.9. The summed E-state index contributed by atoms with van der Waals surface area (Å²) in [5, 5.41) is 3.29. The van der Waals surface area contributed by atoms with Crippen LogP contribution >= 0.6 is 0 Å². The zero-order valence-electron chi connectivity index (χ0n) is 10.9. The fourth-order valence-corrected chi connectivity index (χ4v) is 1.99. The van der Waals surface area contributed by atoms with Crippen molar-refractivity contribution in [1.29, 1.82) is 0 Å². The summed E-state index contributed by atoms with van der Waals surface area (Å²) >= 11 is 0. The minimum atomic E-state index is 0.559. The van der Waals surface area contributed by atoms with Crippen LogP contribution < -0.4 is 11.1 Å². The van der Waals surface area contributed by atoms with E-state index in [4.69, 9.17) is 5.73 Å². The average Bonchev–Trinajstić information content (AvgIpc) is 3.21. The van der Waals surface area contributed by atoms with E-state index in [1.165, 1.54) is 12.8 Å². The number of aryl methyl sites for hydroxylation is 1. The van der Waals surface area contributed by atoms with E-state index >= 15 is 0 Å². The number of nitrogens with two attached hydrogens (primary N) is 1. The zero-order chi connectivity index (χ0) is 13.2. The van der Waals surface area contributed by atoms with E-state index in [-0.39, 0.29) is 0 Å². The molecule has 0 unspecified atom stereocenters. The molecule has 0 amide bonds. The van der Waals surface area contributed by atoms with Crippen LogP contribution in [0.15, 0.2) is 24.4 Å². The Morgan fingerprint density at radius 2 is 2.21 bits per heavy atom. The van der Waals surface area contributed by atoms with Crippen molar-refractivity contribution < 1.29 is 0 Å². The summed E-state index contributed by atoms with van der Waals surface area (Å²) < 4.78 is 0. The summed E-state index contributed by atoms with van der Waals surface area (Å²) in [6, 6.07) is 5.80. The lowest BCUT2D eigenvalue weighted by atomic mass is 10.2. The summed E-state index contributed by atoms with van der Waals surface area (Å²) in [7, 11) is 0. The molecule has 3 rings (SSSR count). The van der Waals surface area contributed by atoms with Crippen LogP contribution in [0.1, 0.15) is 35.8 Å². The molecule has 0 spiro atoms. The maximum absolute atomic E-state index is 5.82. The summed E-state index contributed by atoms with van der Waals surface area (Å²) in [5.74, 6) is 2.94. The van der Waals surface area contributed by atoms with Crippen LogP contribution in [-0.2, 0) is 6.54 Å². The second-order valence-electron chi connectivity index (χ2n) is 4.93. The number of nitrogens with zero attached hydrogens (tertiary/aromatic N) is 3. The largest absolute Gasteiger partial charge is 0.383 e. The smallest absolute Gasteiger partial charge is 0.134 e. The van der Waals surface area contributed by atoms with Gasteiger partial charge in [-0.1, -0.05) is 6.07 Å². The standard InChI is InChI=1S/C14H17N5/c1-9-7-12(19-14(18-9)10-4-5-10)17-8-11-3-2-6-16-13(11)15/h2-3,6-7,10H,4-5,8H2,1H3,(H2,15,16)(H,17,18,19). The minimum absolute atomic E-state index is 0.559. The van der Waals surface area contributed by atoms with Gasteiger partial charge in [0.25, 0.3) is 0 Å². The molecule has 2 heterocycles. The van der Waals surface area contributed by atoms with E-state index in [9.17, 15) is 0 Å². The Bertz CT molecular complexity index is 592. The number of anilines is 2. The highest BCUT2D eigenvalue weighted by atomic mass is 15.0. The van der Waals surface area contributed by atoms with Gasteiger partial charge in [0, 0.05) is 36.0 Å². The lowest BCUT2D eigenvalue weighted by Gasteiger charge is -2.09. The topological polar surface area (TPSA) is 76.7 Å². The number of pyridine rings is 1. The predicted octanol–water partition coefficient (Wildman–Crippen LogP) is 2.25. The van der Waals surface area contributed by atoms with E-state index in [1.54, 1.807) is 6.20 Å². The fourth-order valence-electron chi connectivity index (χ4n) is 1.99. The molecule has 98 valence electrons. The van der Waals surface area contributed by atoms with Crippen molar-refractivity contribution in [1.82, 2.24) is 15.0 Å². The molecule has 0 aromatic carbocycles. The van der Waals surface area contributed by atoms with Gasteiger partial charge >= 0.3 is 0 Å². The third-order valence-corrected chi connectivity index (χ3v) is 3.20. The summed E-state index contributed by atoms with van der Waals surface area (Å²) in [4.78, 5) is 13.1. The molecule has 1 aliphatic rings. The molecular weight excluding hydrogens is 238 g/mol. The molecule has 3 N–H and O–H groups in total. The van der Waals surface area contributed by atoms with E-state index in [2.05, 4.69) is 20.3 Å². The molecule has 5 heteroatoms. The van der Waals surface area contributed by atoms with E-state index in [0.29, 0.717) is 18.3 Å². The number of hydrogen-bond acceptors (Lipinski definition) is 5. The summed E-state index contributed by atoms with van der Waals surface area (Å²) in [6.07, 6.45) is 4.11. The van der Waals surface area contributed by atoms with Gasteiger partial charge in [0.15, 0.2) is 0 Å². The van der Waals surface area contributed by atoms with Gasteiger partial charge in [0.1, 0.15) is 17.5 Å². The van der Waals surface area contributed by atoms with E-state index in [1.807, 2.05) is 25.1 Å². The number of hydrogen-bond donors (Lipinski definition) is 2. The molecule has 2 aromatic rings. The first-order valence-corrected chi connectivity index (χ1v) is 6.51. The van der Waals surface area contributed by atoms with Crippen LogP contribution in [-0.4, -0.2) is 15.0 Å². The Kier molecular flexibility index (Phi) is 3.03. The van der Waals surface area contributed by atoms with E-state index < -0.39 is 0 Å². The first-order valence-electron chi connectivity index (χ1n) is 6.51. The van der Waals surface area contributed by atoms with Gasteiger partial charge < -0.3 is 11.1 Å². The molecule has 0 aliphatic heterocycles. The van der Waals surface area contributed by atoms with Gasteiger partial charge in [-0.25, -0.2) is 15.0 Å². The minimum Gasteiger partial charge on any atom is -0.383 e. The Labute approximate surface area is 112 Å². The number of nitrogens with one attached hydrogen (secondary N) is 1. The van der Waals surface area contributed by atoms with Crippen molar-refractivity contribution in [3.8, 4) is 0 Å². The highest BCUT2D eigenvalue weighted by molar-refractivity contribution is 5.43. The molecule has 0 bridgehead atoms. The molecule has 1 fully saturated rings. The lowest BCUT2D eigenvalue weighted by molar-refractivity contribution is 0.901. The van der Waals surface area contributed by atoms with Gasteiger partial charge in [0.05, 0.1) is 0 Å². The van der Waals surface area contributed by atoms with Crippen LogP contribution in [0.4, 0.5) is 11.6 Å². The third kappa shape index (κ3) is 2.81. The average molecular weight is 255 g/mol. The second kappa shape index (κ2) is 4.84. The molecule has 1 aliphatic carbocycles. The van der Waals surface area contributed by atoms with Gasteiger partial charge in [-0.15, -0.1) is 0 Å². The van der Waals surface area contributed by atoms with Gasteiger partial charge in [0.2, 0.25) is 0 Å². The van der Waals surface area contributed by atoms with Crippen LogP contribution in [0.5, 0.6) is 0 Å². The highest BCUT2D eigenvalue weighted by Gasteiger charge is 2.26. The van der Waals surface area contributed by atoms with Gasteiger partial charge in [-0.3, -0.25) is 0 Å². The molecule has 2 aromatic heterocycles. The Morgan fingerprint density at radius 3 is 2.95 bits per heavy atom. The van der Waals surface area contributed by atoms with Crippen molar-refractivity contribution >= 4 is 11.6 Å². The van der Waals surface area contributed by atoms with Crippen molar-refractivity contribution in [3.63, 3.8) is 0 Å². The van der Waals surface area contributed by atoms with Crippen molar-refractivity contribution in [2.75, 3.05) is 11.1 Å². The number of aromatic nitrogens is 3. The quantitative estimate of drug-likeness (QED) is 0.876. The SMILES string of the molecule is Cc1cc(NCc2cccnc2N)nc(C2CC2)n1. The Hall–Kier alpha value is -2.17. The van der Waals surface area contributed by atoms with Crippen LogP contribution in [0.2, 0.25) is 0 Å². The van der Waals surface area contributed by atoms with Gasteiger partial charge in [-0.05, 0) is 25.8 Å². The Morgan fingerprint density at radius 1 is 1.37 bits per heavy atom. The third-order valence-electron chi connectivity index (χ3n) is 3.20. The first kappa shape index (κ1) is 11.9. The number of nitrogen functional groups attached to an aromatic ring is 1. The predicted molar refractivity (Wildman–Crippen MR) is 74.7 cm³/mol. The van der Waals surface area contributed by atoms with Crippen LogP contribution in [0, 0.1) is 6.92 Å². The highest BCUT2D eigenvalue weighted by Crippen LogP contribution is 2.38. The fraction of sp³-hybridized carbons (Fsp3) is 0.357. The van der Waals surface area contributed by atoms with Crippen molar-refractivity contribution in [2.45, 2.75) is 32.2 Å². The van der Waals surface area contributed by atoms with Crippen LogP contribution in [0.25, 0.3) is 0 Å². The van der Waals surface area contributed by atoms with Crippen molar-refractivity contribution in [2.24, 2.45) is 0 Å². The maximum atomic E-state index is 5.82. The lowest BCUT2D eigenvalue weighted by Crippen LogP contribution is -2.07. The molecule has 1 saturated carbocycles. The maximum Gasteiger partial charge on any atom is 0.134 e. The summed E-state index contributed by atoms with van der Waals surface area (Å²) in [6.45, 7) is 2.62.